The van der Waals surface area contributed by atoms with Gasteiger partial charge in [0.15, 0.2) is 0 Å². The van der Waals surface area contributed by atoms with E-state index in [1.807, 2.05) is 0 Å². The normalized spacial score (nSPS) is 18.7. The highest BCUT2D eigenvalue weighted by molar-refractivity contribution is 7.90. The predicted molar refractivity (Wildman–Crippen MR) is 77.6 cm³/mol. The van der Waals surface area contributed by atoms with Crippen LogP contribution in [0.25, 0.3) is 0 Å². The van der Waals surface area contributed by atoms with E-state index in [4.69, 9.17) is 0 Å². The van der Waals surface area contributed by atoms with Crippen LogP contribution in [0.4, 0.5) is 8.78 Å². The van der Waals surface area contributed by atoms with Gasteiger partial charge >= 0.3 is 0 Å². The van der Waals surface area contributed by atoms with Crippen LogP contribution in [0.1, 0.15) is 18.9 Å². The van der Waals surface area contributed by atoms with Crippen LogP contribution in [0.2, 0.25) is 0 Å². The quantitative estimate of drug-likeness (QED) is 0.876. The van der Waals surface area contributed by atoms with Crippen LogP contribution in [0.15, 0.2) is 18.2 Å². The van der Waals surface area contributed by atoms with E-state index in [2.05, 4.69) is 4.72 Å². The smallest absolute Gasteiger partial charge is 0.227 e. The first-order chi connectivity index (χ1) is 10.3. The van der Waals surface area contributed by atoms with Crippen LogP contribution >= 0.6 is 0 Å². The van der Waals surface area contributed by atoms with Gasteiger partial charge in [0.1, 0.15) is 11.6 Å². The molecule has 1 heterocycles. The molecule has 5 nitrogen and oxygen atoms in total. The summed E-state index contributed by atoms with van der Waals surface area (Å²) in [6.07, 6.45) is 0.146. The summed E-state index contributed by atoms with van der Waals surface area (Å²) in [5, 5.41) is -0.644. The molecule has 1 N–H and O–H groups in total. The lowest BCUT2D eigenvalue weighted by molar-refractivity contribution is -0.129. The third-order valence-electron chi connectivity index (χ3n) is 3.64. The number of nitrogens with zero attached hydrogens (tertiary/aromatic N) is 1. The predicted octanol–water partition coefficient (Wildman–Crippen LogP) is 1.05. The summed E-state index contributed by atoms with van der Waals surface area (Å²) in [7, 11) is -3.43. The zero-order valence-corrected chi connectivity index (χ0v) is 13.0. The van der Waals surface area contributed by atoms with Crippen molar-refractivity contribution in [3.8, 4) is 0 Å². The van der Waals surface area contributed by atoms with Crippen molar-refractivity contribution in [1.29, 1.82) is 0 Å². The molecule has 0 aromatic heterocycles. The lowest BCUT2D eigenvalue weighted by Crippen LogP contribution is -2.38. The van der Waals surface area contributed by atoms with Crippen LogP contribution in [0.5, 0.6) is 0 Å². The molecule has 1 amide bonds. The summed E-state index contributed by atoms with van der Waals surface area (Å²) in [5.41, 5.74) is 0.101. The van der Waals surface area contributed by atoms with Gasteiger partial charge in [0.05, 0.1) is 11.7 Å². The topological polar surface area (TPSA) is 66.5 Å². The number of rotatable bonds is 5. The Morgan fingerprint density at radius 3 is 2.77 bits per heavy atom. The number of benzene rings is 1. The highest BCUT2D eigenvalue weighted by Crippen LogP contribution is 2.18. The first-order valence-corrected chi connectivity index (χ1v) is 8.58. The molecule has 0 bridgehead atoms. The Hall–Kier alpha value is -1.54. The highest BCUT2D eigenvalue weighted by Gasteiger charge is 2.34. The van der Waals surface area contributed by atoms with Crippen molar-refractivity contribution < 1.29 is 22.0 Å². The third kappa shape index (κ3) is 3.80. The Labute approximate surface area is 128 Å². The molecule has 1 aromatic rings. The maximum Gasteiger partial charge on any atom is 0.227 e. The highest BCUT2D eigenvalue weighted by atomic mass is 32.2. The van der Waals surface area contributed by atoms with E-state index in [0.29, 0.717) is 19.5 Å². The van der Waals surface area contributed by atoms with Gasteiger partial charge in [-0.3, -0.25) is 4.79 Å². The number of hydrogen-bond acceptors (Lipinski definition) is 3. The SMILES string of the molecule is CCNS(=O)(=O)[C@@H]1CCN(C(=O)Cc2ccc(F)cc2F)C1. The Morgan fingerprint density at radius 1 is 1.41 bits per heavy atom. The number of amides is 1. The van der Waals surface area contributed by atoms with Crippen molar-refractivity contribution in [2.45, 2.75) is 25.0 Å². The second kappa shape index (κ2) is 6.70. The molecule has 0 aliphatic carbocycles. The molecular weight excluding hydrogens is 314 g/mol. The van der Waals surface area contributed by atoms with Crippen molar-refractivity contribution in [1.82, 2.24) is 9.62 Å². The first-order valence-electron chi connectivity index (χ1n) is 7.03. The number of likely N-dealkylation sites (tertiary alicyclic amines) is 1. The molecule has 1 saturated heterocycles. The van der Waals surface area contributed by atoms with E-state index < -0.39 is 26.9 Å². The van der Waals surface area contributed by atoms with E-state index >= 15 is 0 Å². The molecule has 1 aliphatic heterocycles. The van der Waals surface area contributed by atoms with Crippen LogP contribution in [-0.2, 0) is 21.2 Å². The van der Waals surface area contributed by atoms with Crippen LogP contribution < -0.4 is 4.72 Å². The maximum atomic E-state index is 13.5. The first kappa shape index (κ1) is 16.8. The second-order valence-electron chi connectivity index (χ2n) is 5.21. The molecule has 0 spiro atoms. The van der Waals surface area contributed by atoms with E-state index in [0.717, 1.165) is 12.1 Å². The van der Waals surface area contributed by atoms with Gasteiger partial charge in [-0.1, -0.05) is 13.0 Å². The third-order valence-corrected chi connectivity index (χ3v) is 5.59. The zero-order valence-electron chi connectivity index (χ0n) is 12.2. The molecule has 1 aromatic carbocycles. The molecule has 2 rings (SSSR count). The zero-order chi connectivity index (χ0) is 16.3. The maximum absolute atomic E-state index is 13.5. The van der Waals surface area contributed by atoms with E-state index in [1.54, 1.807) is 6.92 Å². The van der Waals surface area contributed by atoms with Crippen LogP contribution in [0.3, 0.4) is 0 Å². The van der Waals surface area contributed by atoms with Crippen molar-refractivity contribution >= 4 is 15.9 Å². The average molecular weight is 332 g/mol. The second-order valence-corrected chi connectivity index (χ2v) is 7.25. The molecule has 22 heavy (non-hydrogen) atoms. The van der Waals surface area contributed by atoms with Crippen molar-refractivity contribution in [2.24, 2.45) is 0 Å². The molecule has 0 saturated carbocycles. The number of sulfonamides is 1. The van der Waals surface area contributed by atoms with Crippen molar-refractivity contribution in [3.63, 3.8) is 0 Å². The molecule has 1 aliphatic rings. The molecule has 0 radical (unpaired) electrons. The van der Waals surface area contributed by atoms with Crippen LogP contribution in [-0.4, -0.2) is 44.1 Å². The number of halogens is 2. The van der Waals surface area contributed by atoms with E-state index in [-0.39, 0.29) is 24.4 Å². The molecule has 122 valence electrons. The summed E-state index contributed by atoms with van der Waals surface area (Å²) in [5.74, 6) is -1.84. The van der Waals surface area contributed by atoms with E-state index in [9.17, 15) is 22.0 Å². The van der Waals surface area contributed by atoms with Gasteiger partial charge in [-0.05, 0) is 18.1 Å². The van der Waals surface area contributed by atoms with Gasteiger partial charge in [0, 0.05) is 25.7 Å². The summed E-state index contributed by atoms with van der Waals surface area (Å²) in [6, 6.07) is 3.05. The fraction of sp³-hybridized carbons (Fsp3) is 0.500. The van der Waals surface area contributed by atoms with E-state index in [1.165, 1.54) is 11.0 Å². The fourth-order valence-electron chi connectivity index (χ4n) is 2.47. The Balaban J connectivity index is 2.00. The van der Waals surface area contributed by atoms with Gasteiger partial charge in [0.25, 0.3) is 0 Å². The van der Waals surface area contributed by atoms with Gasteiger partial charge in [-0.25, -0.2) is 21.9 Å². The standard InChI is InChI=1S/C14H18F2N2O3S/c1-2-17-22(20,21)12-5-6-18(9-12)14(19)7-10-3-4-11(15)8-13(10)16/h3-4,8,12,17H,2,5-7,9H2,1H3/t12-/m1/s1. The molecule has 8 heteroatoms. The van der Waals surface area contributed by atoms with Gasteiger partial charge in [0.2, 0.25) is 15.9 Å². The largest absolute Gasteiger partial charge is 0.341 e. The molecule has 0 unspecified atom stereocenters. The minimum absolute atomic E-state index is 0.0942. The minimum atomic E-state index is -3.43. The summed E-state index contributed by atoms with van der Waals surface area (Å²) in [6.45, 7) is 2.40. The summed E-state index contributed by atoms with van der Waals surface area (Å²) < 4.78 is 52.6. The number of nitrogens with one attached hydrogen (secondary N) is 1. The monoisotopic (exact) mass is 332 g/mol. The molecular formula is C14H18F2N2O3S. The summed E-state index contributed by atoms with van der Waals surface area (Å²) in [4.78, 5) is 13.5. The lowest BCUT2D eigenvalue weighted by atomic mass is 10.1. The van der Waals surface area contributed by atoms with Crippen molar-refractivity contribution in [3.05, 3.63) is 35.4 Å². The van der Waals surface area contributed by atoms with Crippen molar-refractivity contribution in [2.75, 3.05) is 19.6 Å². The Kier molecular flexibility index (Phi) is 5.12. The van der Waals surface area contributed by atoms with Gasteiger partial charge in [-0.2, -0.15) is 0 Å². The number of hydrogen-bond donors (Lipinski definition) is 1. The number of carbonyl (C=O) groups is 1. The van der Waals surface area contributed by atoms with Gasteiger partial charge in [-0.15, -0.1) is 0 Å². The molecule has 1 fully saturated rings. The Bertz CT molecular complexity index is 664. The average Bonchev–Trinajstić information content (AvgIpc) is 2.92. The lowest BCUT2D eigenvalue weighted by Gasteiger charge is -2.17. The van der Waals surface area contributed by atoms with Gasteiger partial charge < -0.3 is 4.90 Å². The minimum Gasteiger partial charge on any atom is -0.341 e. The number of carbonyl (C=O) groups excluding carboxylic acids is 1. The van der Waals surface area contributed by atoms with Crippen LogP contribution in [0, 0.1) is 11.6 Å². The fourth-order valence-corrected chi connectivity index (χ4v) is 3.90. The Morgan fingerprint density at radius 2 is 2.14 bits per heavy atom. The molecule has 1 atom stereocenters. The summed E-state index contributed by atoms with van der Waals surface area (Å²) >= 11 is 0.